The van der Waals surface area contributed by atoms with Crippen LogP contribution >= 0.6 is 10.6 Å². The first kappa shape index (κ1) is 15.6. The predicted octanol–water partition coefficient (Wildman–Crippen LogP) is -1.80. The average Bonchev–Trinajstić information content (AvgIpc) is 1.41. The van der Waals surface area contributed by atoms with E-state index >= 15 is 0 Å². The van der Waals surface area contributed by atoms with Gasteiger partial charge in [0, 0.05) is 0 Å². The van der Waals surface area contributed by atoms with E-state index in [-0.39, 0.29) is 16.5 Å². The first-order chi connectivity index (χ1) is 2.73. The predicted molar refractivity (Wildman–Crippen MR) is 13.0 cm³/mol. The number of carboxylic acid groups (broad SMARTS) is 2. The van der Waals surface area contributed by atoms with Crippen LogP contribution < -0.4 is 10.2 Å². The van der Waals surface area contributed by atoms with Crippen LogP contribution in [0.3, 0.4) is 0 Å². The fourth-order valence-electron chi connectivity index (χ4n) is 0. The van der Waals surface area contributed by atoms with Crippen LogP contribution in [0.25, 0.3) is 0 Å². The molecule has 3 nitrogen and oxygen atoms in total. The van der Waals surface area contributed by atoms with Gasteiger partial charge < -0.3 is 15.0 Å². The number of rotatable bonds is 0. The molecular weight excluding hydrogens is 206 g/mol. The summed E-state index contributed by atoms with van der Waals surface area (Å²) in [5.74, 6) is 0. The molecule has 0 unspecified atom stereocenters. The summed E-state index contributed by atoms with van der Waals surface area (Å²) < 4.78 is 0. The Balaban J connectivity index is -0.0000000480. The zero-order chi connectivity index (χ0) is 5.58. The van der Waals surface area contributed by atoms with Crippen molar-refractivity contribution in [2.45, 2.75) is 0 Å². The van der Waals surface area contributed by atoms with Crippen molar-refractivity contribution in [1.29, 1.82) is 0 Å². The minimum atomic E-state index is -2.33. The molecule has 0 radical (unpaired) electrons. The molecule has 0 atom stereocenters. The van der Waals surface area contributed by atoms with Crippen LogP contribution in [0, 0.1) is 0 Å². The van der Waals surface area contributed by atoms with Crippen LogP contribution in [0.5, 0.6) is 0 Å². The second-order valence-corrected chi connectivity index (χ2v) is 0.250. The standard InChI is InChI=1S/CH2O3.Mn.Ni.S/c2-1(3)4;;;/h(H2,2,3,4);;;/q;;+2;/p-2. The van der Waals surface area contributed by atoms with Crippen LogP contribution in [0.15, 0.2) is 0 Å². The quantitative estimate of drug-likeness (QED) is 0.438. The molecule has 0 saturated heterocycles. The van der Waals surface area contributed by atoms with Crippen LogP contribution in [0.1, 0.15) is 0 Å². The molecule has 0 aromatic carbocycles. The second-order valence-electron chi connectivity index (χ2n) is 0.250. The summed E-state index contributed by atoms with van der Waals surface area (Å²) >= 11 is 2.52. The Labute approximate surface area is 62.7 Å². The summed E-state index contributed by atoms with van der Waals surface area (Å²) in [6.07, 6.45) is -2.33. The molecule has 0 amide bonds. The Morgan fingerprint density at radius 3 is 1.43 bits per heavy atom. The summed E-state index contributed by atoms with van der Waals surface area (Å²) in [7, 11) is 3.90. The van der Waals surface area contributed by atoms with E-state index in [1.54, 1.807) is 0 Å². The third-order valence-electron chi connectivity index (χ3n) is 0. The molecule has 0 spiro atoms. The van der Waals surface area contributed by atoms with Crippen molar-refractivity contribution in [1.82, 2.24) is 0 Å². The molecule has 0 aliphatic carbocycles. The maximum absolute atomic E-state index is 8.33. The fraction of sp³-hybridized carbons (Fsp3) is 0. The number of hydrogen-bond donors (Lipinski definition) is 0. The van der Waals surface area contributed by atoms with E-state index in [1.807, 2.05) is 0 Å². The molecule has 0 aromatic rings. The Hall–Kier alpha value is 0.503. The average molecular weight is 206 g/mol. The molecule has 0 bridgehead atoms. The van der Waals surface area contributed by atoms with Gasteiger partial charge in [0.2, 0.25) is 0 Å². The Kier molecular flexibility index (Phi) is 35.9. The van der Waals surface area contributed by atoms with Crippen molar-refractivity contribution >= 4 is 16.7 Å². The third kappa shape index (κ3) is 521. The van der Waals surface area contributed by atoms with Crippen molar-refractivity contribution in [2.75, 3.05) is 0 Å². The molecule has 0 N–H and O–H groups in total. The number of carbonyl (C=O) groups is 1. The van der Waals surface area contributed by atoms with Crippen LogP contribution in [0.4, 0.5) is 4.79 Å². The molecule has 0 aromatic heterocycles. The summed E-state index contributed by atoms with van der Waals surface area (Å²) in [5, 5.41) is 16.7. The first-order valence-corrected chi connectivity index (χ1v) is 2.52. The molecule has 6 heteroatoms. The van der Waals surface area contributed by atoms with E-state index in [2.05, 4.69) is 24.9 Å². The molecule has 0 heterocycles. The van der Waals surface area contributed by atoms with E-state index in [4.69, 9.17) is 15.0 Å². The molecule has 0 aliphatic heterocycles. The zero-order valence-corrected chi connectivity index (χ0v) is 5.81. The molecule has 7 heavy (non-hydrogen) atoms. The van der Waals surface area contributed by atoms with Crippen LogP contribution in [-0.4, -0.2) is 6.16 Å². The van der Waals surface area contributed by atoms with E-state index in [0.29, 0.717) is 0 Å². The molecule has 45 valence electrons. The summed E-state index contributed by atoms with van der Waals surface area (Å²) in [4.78, 5) is 8.33. The number of carbonyl (C=O) groups excluding carboxylic acids is 1. The topological polar surface area (TPSA) is 63.2 Å². The molecule has 0 fully saturated rings. The molecule has 0 rings (SSSR count). The Morgan fingerprint density at radius 1 is 1.43 bits per heavy atom. The third-order valence-corrected chi connectivity index (χ3v) is 0. The fourth-order valence-corrected chi connectivity index (χ4v) is 0. The van der Waals surface area contributed by atoms with Crippen LogP contribution in [0.2, 0.25) is 0 Å². The van der Waals surface area contributed by atoms with E-state index in [0.717, 1.165) is 0 Å². The molecular formula is CMnNiO3S. The van der Waals surface area contributed by atoms with Crippen LogP contribution in [-0.2, 0) is 30.9 Å². The Bertz CT molecular complexity index is 46.2. The monoisotopic (exact) mass is 205 g/mol. The maximum atomic E-state index is 8.33. The SMILES string of the molecule is O=C([O-])[O-].[Ni+2].[S]=[Mn]. The van der Waals surface area contributed by atoms with E-state index < -0.39 is 6.16 Å². The van der Waals surface area contributed by atoms with Gasteiger partial charge in [0.1, 0.15) is 0 Å². The molecule has 0 saturated carbocycles. The van der Waals surface area contributed by atoms with Gasteiger partial charge in [-0.1, -0.05) is 0 Å². The normalized spacial score (nSPS) is 4.00. The van der Waals surface area contributed by atoms with Crippen molar-refractivity contribution in [3.05, 3.63) is 0 Å². The van der Waals surface area contributed by atoms with Gasteiger partial charge in [-0.3, -0.25) is 0 Å². The van der Waals surface area contributed by atoms with Gasteiger partial charge in [0.05, 0.1) is 0 Å². The van der Waals surface area contributed by atoms with Gasteiger partial charge in [-0.2, -0.15) is 0 Å². The van der Waals surface area contributed by atoms with Gasteiger partial charge >= 0.3 is 41.4 Å². The summed E-state index contributed by atoms with van der Waals surface area (Å²) in [5.41, 5.74) is 0. The van der Waals surface area contributed by atoms with E-state index in [1.165, 1.54) is 0 Å². The first-order valence-electron chi connectivity index (χ1n) is 0.767. The van der Waals surface area contributed by atoms with Crippen molar-refractivity contribution in [2.24, 2.45) is 0 Å². The second kappa shape index (κ2) is 16.0. The summed E-state index contributed by atoms with van der Waals surface area (Å²) in [6.45, 7) is 0. The Morgan fingerprint density at radius 2 is 1.43 bits per heavy atom. The van der Waals surface area contributed by atoms with Gasteiger partial charge in [-0.15, -0.1) is 0 Å². The summed E-state index contributed by atoms with van der Waals surface area (Å²) in [6, 6.07) is 0. The zero-order valence-electron chi connectivity index (χ0n) is 2.83. The van der Waals surface area contributed by atoms with Crippen molar-refractivity contribution in [3.63, 3.8) is 0 Å². The van der Waals surface area contributed by atoms with Gasteiger partial charge in [-0.05, 0) is 6.16 Å². The molecule has 0 aliphatic rings. The van der Waals surface area contributed by atoms with Crippen molar-refractivity contribution in [3.8, 4) is 0 Å². The van der Waals surface area contributed by atoms with E-state index in [9.17, 15) is 0 Å². The number of hydrogen-bond acceptors (Lipinski definition) is 4. The van der Waals surface area contributed by atoms with Gasteiger partial charge in [0.25, 0.3) is 0 Å². The van der Waals surface area contributed by atoms with Gasteiger partial charge in [-0.25, -0.2) is 0 Å². The minimum absolute atomic E-state index is 0. The van der Waals surface area contributed by atoms with Gasteiger partial charge in [0.15, 0.2) is 0 Å². The van der Waals surface area contributed by atoms with Crippen molar-refractivity contribution < 1.29 is 45.9 Å².